The van der Waals surface area contributed by atoms with Crippen molar-refractivity contribution < 1.29 is 14.2 Å². The highest BCUT2D eigenvalue weighted by Crippen LogP contribution is 2.21. The third-order valence-electron chi connectivity index (χ3n) is 2.82. The fourth-order valence-electron chi connectivity index (χ4n) is 1.84. The van der Waals surface area contributed by atoms with Crippen molar-refractivity contribution in [2.24, 2.45) is 0 Å². The van der Waals surface area contributed by atoms with Crippen molar-refractivity contribution in [2.45, 2.75) is 26.4 Å². The van der Waals surface area contributed by atoms with Gasteiger partial charge < -0.3 is 14.2 Å². The number of hydrogen-bond acceptors (Lipinski definition) is 3. The summed E-state index contributed by atoms with van der Waals surface area (Å²) >= 11 is 0. The molecular formula is C13H21BO3. The summed E-state index contributed by atoms with van der Waals surface area (Å²) in [5.74, 6) is 0.904. The van der Waals surface area contributed by atoms with Gasteiger partial charge in [-0.1, -0.05) is 19.1 Å². The SMILES string of the molecule is Bc1c(OC)cccc1[C@@H](CC)OCOCC. The van der Waals surface area contributed by atoms with Crippen LogP contribution in [0.15, 0.2) is 18.2 Å². The minimum absolute atomic E-state index is 0.0663. The first-order valence-electron chi connectivity index (χ1n) is 6.07. The summed E-state index contributed by atoms with van der Waals surface area (Å²) in [7, 11) is 3.75. The van der Waals surface area contributed by atoms with Crippen LogP contribution < -0.4 is 10.2 Å². The zero-order chi connectivity index (χ0) is 12.7. The molecule has 0 fully saturated rings. The second kappa shape index (κ2) is 7.35. The van der Waals surface area contributed by atoms with Crippen LogP contribution in [0.5, 0.6) is 5.75 Å². The molecule has 94 valence electrons. The monoisotopic (exact) mass is 236 g/mol. The Morgan fingerprint density at radius 2 is 2.06 bits per heavy atom. The average molecular weight is 236 g/mol. The molecule has 1 aromatic carbocycles. The van der Waals surface area contributed by atoms with Crippen LogP contribution in [-0.2, 0) is 9.47 Å². The molecule has 0 aliphatic heterocycles. The third kappa shape index (κ3) is 3.75. The number of benzene rings is 1. The summed E-state index contributed by atoms with van der Waals surface area (Å²) in [6.07, 6.45) is 0.984. The van der Waals surface area contributed by atoms with Gasteiger partial charge in [-0.05, 0) is 30.4 Å². The number of rotatable bonds is 7. The summed E-state index contributed by atoms with van der Waals surface area (Å²) in [4.78, 5) is 0. The van der Waals surface area contributed by atoms with Gasteiger partial charge in [-0.3, -0.25) is 0 Å². The largest absolute Gasteiger partial charge is 0.497 e. The number of ether oxygens (including phenoxy) is 3. The zero-order valence-corrected chi connectivity index (χ0v) is 11.2. The minimum atomic E-state index is 0.0663. The van der Waals surface area contributed by atoms with Crippen molar-refractivity contribution in [3.05, 3.63) is 23.8 Å². The second-order valence-corrected chi connectivity index (χ2v) is 3.85. The Bertz CT molecular complexity index is 341. The molecule has 0 N–H and O–H groups in total. The number of hydrogen-bond donors (Lipinski definition) is 0. The highest BCUT2D eigenvalue weighted by molar-refractivity contribution is 6.35. The molecule has 17 heavy (non-hydrogen) atoms. The number of methoxy groups -OCH3 is 1. The van der Waals surface area contributed by atoms with E-state index in [1.807, 2.05) is 19.1 Å². The minimum Gasteiger partial charge on any atom is -0.497 e. The van der Waals surface area contributed by atoms with Crippen molar-refractivity contribution >= 4 is 13.3 Å². The molecule has 1 aromatic rings. The van der Waals surface area contributed by atoms with Crippen molar-refractivity contribution in [2.75, 3.05) is 20.5 Å². The molecule has 1 atom stereocenters. The molecule has 3 nitrogen and oxygen atoms in total. The van der Waals surface area contributed by atoms with Crippen LogP contribution in [0.1, 0.15) is 31.9 Å². The molecular weight excluding hydrogens is 215 g/mol. The van der Waals surface area contributed by atoms with Crippen LogP contribution in [0.4, 0.5) is 0 Å². The Hall–Kier alpha value is -0.995. The van der Waals surface area contributed by atoms with E-state index in [1.54, 1.807) is 7.11 Å². The van der Waals surface area contributed by atoms with Gasteiger partial charge >= 0.3 is 0 Å². The Kier molecular flexibility index (Phi) is 6.09. The Morgan fingerprint density at radius 1 is 1.29 bits per heavy atom. The van der Waals surface area contributed by atoms with E-state index < -0.39 is 0 Å². The van der Waals surface area contributed by atoms with Gasteiger partial charge in [0.1, 0.15) is 20.4 Å². The van der Waals surface area contributed by atoms with E-state index in [-0.39, 0.29) is 6.10 Å². The molecule has 1 rings (SSSR count). The summed E-state index contributed by atoms with van der Waals surface area (Å²) in [5.41, 5.74) is 2.31. The maximum absolute atomic E-state index is 5.72. The molecule has 4 heteroatoms. The third-order valence-corrected chi connectivity index (χ3v) is 2.82. The predicted octanol–water partition coefficient (Wildman–Crippen LogP) is 1.42. The lowest BCUT2D eigenvalue weighted by molar-refractivity contribution is -0.0884. The fourth-order valence-corrected chi connectivity index (χ4v) is 1.84. The second-order valence-electron chi connectivity index (χ2n) is 3.85. The van der Waals surface area contributed by atoms with Crippen LogP contribution in [0, 0.1) is 0 Å². The van der Waals surface area contributed by atoms with Crippen molar-refractivity contribution in [1.82, 2.24) is 0 Å². The lowest BCUT2D eigenvalue weighted by Crippen LogP contribution is -2.19. The van der Waals surface area contributed by atoms with Crippen molar-refractivity contribution in [1.29, 1.82) is 0 Å². The van der Waals surface area contributed by atoms with E-state index >= 15 is 0 Å². The molecule has 0 saturated heterocycles. The summed E-state index contributed by atoms with van der Waals surface area (Å²) in [6.45, 7) is 5.08. The van der Waals surface area contributed by atoms with Gasteiger partial charge in [-0.2, -0.15) is 0 Å². The van der Waals surface area contributed by atoms with Crippen molar-refractivity contribution in [3.8, 4) is 5.75 Å². The van der Waals surface area contributed by atoms with Gasteiger partial charge in [0.15, 0.2) is 0 Å². The Morgan fingerprint density at radius 3 is 2.65 bits per heavy atom. The van der Waals surface area contributed by atoms with Gasteiger partial charge in [0.05, 0.1) is 13.2 Å². The van der Waals surface area contributed by atoms with Gasteiger partial charge in [0.2, 0.25) is 0 Å². The van der Waals surface area contributed by atoms with E-state index in [1.165, 1.54) is 5.56 Å². The topological polar surface area (TPSA) is 27.7 Å². The maximum atomic E-state index is 5.72. The molecule has 0 amide bonds. The lowest BCUT2D eigenvalue weighted by Gasteiger charge is -2.20. The first kappa shape index (κ1) is 14.1. The van der Waals surface area contributed by atoms with Crippen LogP contribution in [0.3, 0.4) is 0 Å². The first-order valence-corrected chi connectivity index (χ1v) is 6.07. The average Bonchev–Trinajstić information content (AvgIpc) is 2.36. The van der Waals surface area contributed by atoms with E-state index in [0.29, 0.717) is 13.4 Å². The predicted molar refractivity (Wildman–Crippen MR) is 71.8 cm³/mol. The molecule has 0 spiro atoms. The quantitative estimate of drug-likeness (QED) is 0.407. The normalized spacial score (nSPS) is 12.4. The van der Waals surface area contributed by atoms with Crippen LogP contribution in [-0.4, -0.2) is 28.4 Å². The molecule has 0 aliphatic rings. The van der Waals surface area contributed by atoms with Crippen LogP contribution in [0.2, 0.25) is 0 Å². The molecule has 0 bridgehead atoms. The lowest BCUT2D eigenvalue weighted by atomic mass is 9.86. The van der Waals surface area contributed by atoms with E-state index in [9.17, 15) is 0 Å². The highest BCUT2D eigenvalue weighted by Gasteiger charge is 2.14. The van der Waals surface area contributed by atoms with Crippen LogP contribution >= 0.6 is 0 Å². The fraction of sp³-hybridized carbons (Fsp3) is 0.538. The highest BCUT2D eigenvalue weighted by atomic mass is 16.7. The van der Waals surface area contributed by atoms with E-state index in [2.05, 4.69) is 20.8 Å². The summed E-state index contributed by atoms with van der Waals surface area (Å²) < 4.78 is 16.3. The van der Waals surface area contributed by atoms with Crippen LogP contribution in [0.25, 0.3) is 0 Å². The zero-order valence-electron chi connectivity index (χ0n) is 11.2. The molecule has 0 unspecified atom stereocenters. The Labute approximate surface area is 104 Å². The Balaban J connectivity index is 2.80. The van der Waals surface area contributed by atoms with Gasteiger partial charge in [-0.15, -0.1) is 0 Å². The molecule has 0 saturated carbocycles. The maximum Gasteiger partial charge on any atom is 0.147 e. The molecule has 0 radical (unpaired) electrons. The first-order chi connectivity index (χ1) is 8.24. The smallest absolute Gasteiger partial charge is 0.147 e. The van der Waals surface area contributed by atoms with Gasteiger partial charge in [0.25, 0.3) is 0 Å². The van der Waals surface area contributed by atoms with E-state index in [4.69, 9.17) is 14.2 Å². The van der Waals surface area contributed by atoms with Gasteiger partial charge in [0, 0.05) is 6.61 Å². The molecule has 0 aromatic heterocycles. The van der Waals surface area contributed by atoms with E-state index in [0.717, 1.165) is 17.6 Å². The standard InChI is InChI=1S/C13H21BO3/c1-4-11(17-9-16-5-2)10-7-6-8-12(15-3)13(10)14/h6-8,11H,4-5,9,14H2,1-3H3/t11-/m1/s1. The summed E-state index contributed by atoms with van der Waals surface area (Å²) in [6, 6.07) is 6.04. The molecule has 0 heterocycles. The molecule has 0 aliphatic carbocycles. The van der Waals surface area contributed by atoms with Crippen molar-refractivity contribution in [3.63, 3.8) is 0 Å². The summed E-state index contributed by atoms with van der Waals surface area (Å²) in [5, 5.41) is 0. The van der Waals surface area contributed by atoms with Gasteiger partial charge in [-0.25, -0.2) is 0 Å².